The van der Waals surface area contributed by atoms with Gasteiger partial charge in [-0.1, -0.05) is 37.3 Å². The van der Waals surface area contributed by atoms with E-state index < -0.39 is 0 Å². The van der Waals surface area contributed by atoms with Crippen molar-refractivity contribution in [1.82, 2.24) is 9.88 Å². The average Bonchev–Trinajstić information content (AvgIpc) is 3.40. The van der Waals surface area contributed by atoms with Crippen LogP contribution in [0.5, 0.6) is 0 Å². The van der Waals surface area contributed by atoms with E-state index in [-0.39, 0.29) is 11.8 Å². The molecule has 2 aromatic rings. The molecule has 1 fully saturated rings. The number of rotatable bonds is 6. The van der Waals surface area contributed by atoms with Crippen LogP contribution >= 0.6 is 0 Å². The van der Waals surface area contributed by atoms with Crippen LogP contribution in [-0.2, 0) is 11.3 Å². The number of hydrogen-bond donors (Lipinski definition) is 0. The van der Waals surface area contributed by atoms with Crippen LogP contribution in [-0.4, -0.2) is 21.8 Å². The Hall–Kier alpha value is -2.16. The second kappa shape index (κ2) is 6.73. The Morgan fingerprint density at radius 2 is 1.86 bits per heavy atom. The zero-order valence-electron chi connectivity index (χ0n) is 13.0. The zero-order valence-corrected chi connectivity index (χ0v) is 13.0. The van der Waals surface area contributed by atoms with Crippen LogP contribution in [0, 0.1) is 0 Å². The topological polar surface area (TPSA) is 33.2 Å². The monoisotopic (exact) mass is 294 g/mol. The number of amides is 1. The summed E-state index contributed by atoms with van der Waals surface area (Å²) in [4.78, 5) is 19.2. The van der Waals surface area contributed by atoms with Gasteiger partial charge in [0.2, 0.25) is 5.91 Å². The SMILES string of the molecule is CCC(C(=O)N(Cc1ccncc1)C1CC1)c1ccccc1. The highest BCUT2D eigenvalue weighted by Crippen LogP contribution is 2.32. The van der Waals surface area contributed by atoms with E-state index in [0.717, 1.165) is 30.4 Å². The van der Waals surface area contributed by atoms with Crippen LogP contribution in [0.15, 0.2) is 54.9 Å². The zero-order chi connectivity index (χ0) is 15.4. The van der Waals surface area contributed by atoms with Gasteiger partial charge in [-0.05, 0) is 42.5 Å². The Labute approximate surface area is 132 Å². The van der Waals surface area contributed by atoms with Crippen molar-refractivity contribution in [3.63, 3.8) is 0 Å². The number of pyridine rings is 1. The van der Waals surface area contributed by atoms with Crippen molar-refractivity contribution in [3.05, 3.63) is 66.0 Å². The lowest BCUT2D eigenvalue weighted by Crippen LogP contribution is -2.36. The molecule has 1 unspecified atom stereocenters. The molecule has 1 heterocycles. The van der Waals surface area contributed by atoms with Crippen LogP contribution in [0.1, 0.15) is 43.2 Å². The van der Waals surface area contributed by atoms with Gasteiger partial charge < -0.3 is 4.90 Å². The summed E-state index contributed by atoms with van der Waals surface area (Å²) in [6, 6.07) is 14.5. The lowest BCUT2D eigenvalue weighted by Gasteiger charge is -2.27. The number of carbonyl (C=O) groups is 1. The number of aromatic nitrogens is 1. The fourth-order valence-corrected chi connectivity index (χ4v) is 2.90. The van der Waals surface area contributed by atoms with Gasteiger partial charge in [0.15, 0.2) is 0 Å². The molecular weight excluding hydrogens is 272 g/mol. The van der Waals surface area contributed by atoms with E-state index in [0.29, 0.717) is 12.6 Å². The smallest absolute Gasteiger partial charge is 0.230 e. The highest BCUT2D eigenvalue weighted by atomic mass is 16.2. The largest absolute Gasteiger partial charge is 0.335 e. The predicted octanol–water partition coefficient (Wildman–Crippen LogP) is 3.77. The summed E-state index contributed by atoms with van der Waals surface area (Å²) < 4.78 is 0. The van der Waals surface area contributed by atoms with Crippen molar-refractivity contribution in [2.75, 3.05) is 0 Å². The van der Waals surface area contributed by atoms with Gasteiger partial charge in [-0.3, -0.25) is 9.78 Å². The first-order valence-corrected chi connectivity index (χ1v) is 8.04. The molecule has 1 atom stereocenters. The second-order valence-electron chi connectivity index (χ2n) is 5.92. The molecule has 0 N–H and O–H groups in total. The molecule has 0 saturated heterocycles. The van der Waals surface area contributed by atoms with Crippen molar-refractivity contribution < 1.29 is 4.79 Å². The number of nitrogens with zero attached hydrogens (tertiary/aromatic N) is 2. The third-order valence-electron chi connectivity index (χ3n) is 4.28. The summed E-state index contributed by atoms with van der Waals surface area (Å²) in [5, 5.41) is 0. The van der Waals surface area contributed by atoms with E-state index in [9.17, 15) is 4.79 Å². The molecule has 3 rings (SSSR count). The molecule has 1 aromatic heterocycles. The first-order valence-electron chi connectivity index (χ1n) is 8.04. The molecule has 0 bridgehead atoms. The fraction of sp³-hybridized carbons (Fsp3) is 0.368. The van der Waals surface area contributed by atoms with Crippen molar-refractivity contribution in [1.29, 1.82) is 0 Å². The first-order chi connectivity index (χ1) is 10.8. The summed E-state index contributed by atoms with van der Waals surface area (Å²) in [5.41, 5.74) is 2.27. The summed E-state index contributed by atoms with van der Waals surface area (Å²) in [7, 11) is 0. The molecule has 3 nitrogen and oxygen atoms in total. The fourth-order valence-electron chi connectivity index (χ4n) is 2.90. The molecule has 3 heteroatoms. The van der Waals surface area contributed by atoms with Gasteiger partial charge >= 0.3 is 0 Å². The Bertz CT molecular complexity index is 608. The molecule has 0 radical (unpaired) electrons. The second-order valence-corrected chi connectivity index (χ2v) is 5.92. The molecular formula is C19H22N2O. The highest BCUT2D eigenvalue weighted by Gasteiger charge is 2.35. The van der Waals surface area contributed by atoms with Crippen LogP contribution in [0.2, 0.25) is 0 Å². The summed E-state index contributed by atoms with van der Waals surface area (Å²) in [5.74, 6) is 0.219. The Balaban J connectivity index is 1.80. The summed E-state index contributed by atoms with van der Waals surface area (Å²) >= 11 is 0. The molecule has 1 aromatic carbocycles. The first kappa shape index (κ1) is 14.8. The molecule has 1 aliphatic rings. The highest BCUT2D eigenvalue weighted by molar-refractivity contribution is 5.84. The molecule has 1 aliphatic carbocycles. The Morgan fingerprint density at radius 3 is 2.45 bits per heavy atom. The van der Waals surface area contributed by atoms with Gasteiger partial charge in [-0.2, -0.15) is 0 Å². The van der Waals surface area contributed by atoms with E-state index in [4.69, 9.17) is 0 Å². The maximum atomic E-state index is 13.1. The number of hydrogen-bond acceptors (Lipinski definition) is 2. The summed E-state index contributed by atoms with van der Waals surface area (Å²) in [6.45, 7) is 2.78. The Morgan fingerprint density at radius 1 is 1.18 bits per heavy atom. The van der Waals surface area contributed by atoms with Gasteiger partial charge in [0.1, 0.15) is 0 Å². The number of carbonyl (C=O) groups excluding carboxylic acids is 1. The third kappa shape index (κ3) is 3.35. The van der Waals surface area contributed by atoms with Gasteiger partial charge in [0.05, 0.1) is 5.92 Å². The van der Waals surface area contributed by atoms with Crippen molar-refractivity contribution in [2.45, 2.75) is 44.7 Å². The number of benzene rings is 1. The van der Waals surface area contributed by atoms with Gasteiger partial charge in [0.25, 0.3) is 0 Å². The molecule has 1 amide bonds. The lowest BCUT2D eigenvalue weighted by molar-refractivity contribution is -0.134. The van der Waals surface area contributed by atoms with Crippen molar-refractivity contribution in [2.24, 2.45) is 0 Å². The van der Waals surface area contributed by atoms with Crippen LogP contribution in [0.3, 0.4) is 0 Å². The van der Waals surface area contributed by atoms with E-state index >= 15 is 0 Å². The summed E-state index contributed by atoms with van der Waals surface area (Å²) in [6.07, 6.45) is 6.67. The average molecular weight is 294 g/mol. The van der Waals surface area contributed by atoms with E-state index in [2.05, 4.69) is 28.9 Å². The standard InChI is InChI=1S/C19H22N2O/c1-2-18(16-6-4-3-5-7-16)19(22)21(17-8-9-17)14-15-10-12-20-13-11-15/h3-7,10-13,17-18H,2,8-9,14H2,1H3. The molecule has 22 heavy (non-hydrogen) atoms. The van der Waals surface area contributed by atoms with Crippen LogP contribution in [0.25, 0.3) is 0 Å². The van der Waals surface area contributed by atoms with Crippen molar-refractivity contribution in [3.8, 4) is 0 Å². The third-order valence-corrected chi connectivity index (χ3v) is 4.28. The van der Waals surface area contributed by atoms with E-state index in [1.165, 1.54) is 0 Å². The molecule has 0 spiro atoms. The van der Waals surface area contributed by atoms with Gasteiger partial charge in [-0.25, -0.2) is 0 Å². The van der Waals surface area contributed by atoms with Crippen LogP contribution in [0.4, 0.5) is 0 Å². The van der Waals surface area contributed by atoms with Gasteiger partial charge in [-0.15, -0.1) is 0 Å². The minimum Gasteiger partial charge on any atom is -0.335 e. The van der Waals surface area contributed by atoms with Crippen molar-refractivity contribution >= 4 is 5.91 Å². The van der Waals surface area contributed by atoms with E-state index in [1.807, 2.05) is 30.3 Å². The van der Waals surface area contributed by atoms with Crippen LogP contribution < -0.4 is 0 Å². The minimum absolute atomic E-state index is 0.0383. The predicted molar refractivity (Wildman–Crippen MR) is 87.3 cm³/mol. The minimum atomic E-state index is -0.0383. The normalized spacial score (nSPS) is 15.3. The maximum Gasteiger partial charge on any atom is 0.230 e. The molecule has 114 valence electrons. The maximum absolute atomic E-state index is 13.1. The Kier molecular flexibility index (Phi) is 4.52. The van der Waals surface area contributed by atoms with E-state index in [1.54, 1.807) is 12.4 Å². The van der Waals surface area contributed by atoms with Gasteiger partial charge in [0, 0.05) is 25.0 Å². The molecule has 0 aliphatic heterocycles. The lowest BCUT2D eigenvalue weighted by atomic mass is 9.94. The molecule has 1 saturated carbocycles. The quantitative estimate of drug-likeness (QED) is 0.812.